The zero-order valence-corrected chi connectivity index (χ0v) is 12.3. The molecule has 19 heavy (non-hydrogen) atoms. The molecular weight excluding hydrogens is 256 g/mol. The molecule has 1 aliphatic heterocycles. The van der Waals surface area contributed by atoms with Gasteiger partial charge >= 0.3 is 0 Å². The summed E-state index contributed by atoms with van der Waals surface area (Å²) >= 11 is 6.43. The lowest BCUT2D eigenvalue weighted by Gasteiger charge is -2.26. The highest BCUT2D eigenvalue weighted by Gasteiger charge is 2.22. The van der Waals surface area contributed by atoms with Gasteiger partial charge in [-0.3, -0.25) is 0 Å². The molecule has 0 radical (unpaired) electrons. The minimum absolute atomic E-state index is 0.730. The van der Waals surface area contributed by atoms with E-state index in [0.29, 0.717) is 0 Å². The second-order valence-corrected chi connectivity index (χ2v) is 6.20. The number of hydrogen-bond donors (Lipinski definition) is 1. The first-order chi connectivity index (χ1) is 9.34. The minimum Gasteiger partial charge on any atom is -0.371 e. The largest absolute Gasteiger partial charge is 0.371 e. The molecule has 3 rings (SSSR count). The maximum Gasteiger partial charge on any atom is 0.0471 e. The second kappa shape index (κ2) is 6.15. The highest BCUT2D eigenvalue weighted by Crippen LogP contribution is 2.30. The molecule has 1 aliphatic carbocycles. The highest BCUT2D eigenvalue weighted by atomic mass is 35.5. The van der Waals surface area contributed by atoms with Gasteiger partial charge in [0.2, 0.25) is 0 Å². The molecule has 1 saturated heterocycles. The molecule has 1 aromatic rings. The average molecular weight is 279 g/mol. The normalized spacial score (nSPS) is 20.4. The Kier molecular flexibility index (Phi) is 4.29. The number of halogens is 1. The molecule has 3 heteroatoms. The molecule has 2 nitrogen and oxygen atoms in total. The van der Waals surface area contributed by atoms with E-state index in [1.54, 1.807) is 0 Å². The van der Waals surface area contributed by atoms with E-state index in [4.69, 9.17) is 11.6 Å². The highest BCUT2D eigenvalue weighted by molar-refractivity contribution is 6.31. The Morgan fingerprint density at radius 3 is 2.53 bits per heavy atom. The third-order valence-electron chi connectivity index (χ3n) is 4.19. The molecule has 104 valence electrons. The Bertz CT molecular complexity index is 421. The van der Waals surface area contributed by atoms with Gasteiger partial charge in [0.25, 0.3) is 0 Å². The fourth-order valence-electron chi connectivity index (χ4n) is 2.86. The van der Waals surface area contributed by atoms with Gasteiger partial charge in [0.1, 0.15) is 0 Å². The van der Waals surface area contributed by atoms with Gasteiger partial charge in [0, 0.05) is 41.9 Å². The van der Waals surface area contributed by atoms with Crippen LogP contribution in [0.4, 0.5) is 5.69 Å². The van der Waals surface area contributed by atoms with Crippen LogP contribution in [-0.2, 0) is 6.54 Å². The van der Waals surface area contributed by atoms with Gasteiger partial charge in [-0.1, -0.05) is 30.5 Å². The molecule has 1 N–H and O–H groups in total. The zero-order valence-electron chi connectivity index (χ0n) is 11.5. The van der Waals surface area contributed by atoms with Crippen molar-refractivity contribution >= 4 is 17.3 Å². The number of rotatable bonds is 4. The van der Waals surface area contributed by atoms with Gasteiger partial charge in [-0.05, 0) is 37.8 Å². The maximum atomic E-state index is 6.43. The van der Waals surface area contributed by atoms with E-state index in [9.17, 15) is 0 Å². The van der Waals surface area contributed by atoms with Crippen LogP contribution >= 0.6 is 11.6 Å². The minimum atomic E-state index is 0.730. The van der Waals surface area contributed by atoms with Crippen LogP contribution in [0.5, 0.6) is 0 Å². The lowest BCUT2D eigenvalue weighted by atomic mass is 10.1. The Morgan fingerprint density at radius 1 is 1.11 bits per heavy atom. The van der Waals surface area contributed by atoms with Gasteiger partial charge in [0.15, 0.2) is 0 Å². The summed E-state index contributed by atoms with van der Waals surface area (Å²) in [6, 6.07) is 7.07. The van der Waals surface area contributed by atoms with Crippen molar-refractivity contribution in [1.29, 1.82) is 0 Å². The summed E-state index contributed by atoms with van der Waals surface area (Å²) in [5.74, 6) is 0. The predicted octanol–water partition coefficient (Wildman–Crippen LogP) is 3.97. The Labute approximate surface area is 121 Å². The molecule has 0 spiro atoms. The molecule has 0 aromatic heterocycles. The van der Waals surface area contributed by atoms with Crippen molar-refractivity contribution in [3.05, 3.63) is 28.8 Å². The van der Waals surface area contributed by atoms with Gasteiger partial charge in [-0.2, -0.15) is 0 Å². The summed E-state index contributed by atoms with van der Waals surface area (Å²) in [5.41, 5.74) is 2.64. The third kappa shape index (κ3) is 3.43. The van der Waals surface area contributed by atoms with Crippen molar-refractivity contribution in [1.82, 2.24) is 5.32 Å². The SMILES string of the molecule is Clc1cccc(N2CCCCCC2)c1CNC1CC1. The zero-order chi connectivity index (χ0) is 13.1. The first-order valence-electron chi connectivity index (χ1n) is 7.60. The van der Waals surface area contributed by atoms with Gasteiger partial charge in [0.05, 0.1) is 0 Å². The number of hydrogen-bond acceptors (Lipinski definition) is 2. The van der Waals surface area contributed by atoms with E-state index in [1.807, 2.05) is 6.07 Å². The number of anilines is 1. The Morgan fingerprint density at radius 2 is 1.84 bits per heavy atom. The van der Waals surface area contributed by atoms with Crippen molar-refractivity contribution in [2.45, 2.75) is 51.1 Å². The van der Waals surface area contributed by atoms with E-state index in [-0.39, 0.29) is 0 Å². The summed E-state index contributed by atoms with van der Waals surface area (Å²) in [6.07, 6.45) is 8.00. The molecule has 0 unspecified atom stereocenters. The van der Waals surface area contributed by atoms with Gasteiger partial charge in [-0.25, -0.2) is 0 Å². The standard InChI is InChI=1S/C16H23ClN2/c17-15-6-5-7-16(14(15)12-18-13-8-9-13)19-10-3-1-2-4-11-19/h5-7,13,18H,1-4,8-12H2. The number of benzene rings is 1. The first kappa shape index (κ1) is 13.3. The molecule has 0 amide bonds. The summed E-state index contributed by atoms with van der Waals surface area (Å²) < 4.78 is 0. The summed E-state index contributed by atoms with van der Waals surface area (Å²) in [7, 11) is 0. The summed E-state index contributed by atoms with van der Waals surface area (Å²) in [5, 5.41) is 4.51. The molecule has 0 bridgehead atoms. The van der Waals surface area contributed by atoms with Crippen molar-refractivity contribution < 1.29 is 0 Å². The Hall–Kier alpha value is -0.730. The number of nitrogens with one attached hydrogen (secondary N) is 1. The van der Waals surface area contributed by atoms with Crippen LogP contribution in [-0.4, -0.2) is 19.1 Å². The lowest BCUT2D eigenvalue weighted by molar-refractivity contribution is 0.682. The van der Waals surface area contributed by atoms with E-state index < -0.39 is 0 Å². The quantitative estimate of drug-likeness (QED) is 0.896. The lowest BCUT2D eigenvalue weighted by Crippen LogP contribution is -2.26. The topological polar surface area (TPSA) is 15.3 Å². The number of nitrogens with zero attached hydrogens (tertiary/aromatic N) is 1. The monoisotopic (exact) mass is 278 g/mol. The maximum absolute atomic E-state index is 6.43. The summed E-state index contributed by atoms with van der Waals surface area (Å²) in [4.78, 5) is 2.53. The molecule has 1 saturated carbocycles. The van der Waals surface area contributed by atoms with Gasteiger partial charge < -0.3 is 10.2 Å². The van der Waals surface area contributed by atoms with Crippen LogP contribution in [0.3, 0.4) is 0 Å². The van der Waals surface area contributed by atoms with Crippen molar-refractivity contribution in [2.75, 3.05) is 18.0 Å². The van der Waals surface area contributed by atoms with Crippen molar-refractivity contribution in [3.63, 3.8) is 0 Å². The third-order valence-corrected chi connectivity index (χ3v) is 4.54. The van der Waals surface area contributed by atoms with E-state index in [0.717, 1.165) is 17.6 Å². The van der Waals surface area contributed by atoms with E-state index >= 15 is 0 Å². The molecule has 2 aliphatic rings. The molecule has 1 heterocycles. The second-order valence-electron chi connectivity index (χ2n) is 5.79. The smallest absolute Gasteiger partial charge is 0.0471 e. The molecule has 0 atom stereocenters. The van der Waals surface area contributed by atoms with Crippen molar-refractivity contribution in [3.8, 4) is 0 Å². The first-order valence-corrected chi connectivity index (χ1v) is 7.98. The fraction of sp³-hybridized carbons (Fsp3) is 0.625. The average Bonchev–Trinajstić information content (AvgIpc) is 3.24. The molecular formula is C16H23ClN2. The Balaban J connectivity index is 1.78. The van der Waals surface area contributed by atoms with Crippen LogP contribution in [0.25, 0.3) is 0 Å². The van der Waals surface area contributed by atoms with E-state index in [1.165, 1.54) is 62.9 Å². The summed E-state index contributed by atoms with van der Waals surface area (Å²) in [6.45, 7) is 3.27. The molecule has 2 fully saturated rings. The van der Waals surface area contributed by atoms with Crippen LogP contribution < -0.4 is 10.2 Å². The van der Waals surface area contributed by atoms with Gasteiger partial charge in [-0.15, -0.1) is 0 Å². The fourth-order valence-corrected chi connectivity index (χ4v) is 3.10. The van der Waals surface area contributed by atoms with Crippen LogP contribution in [0, 0.1) is 0 Å². The predicted molar refractivity (Wildman–Crippen MR) is 82.0 cm³/mol. The van der Waals surface area contributed by atoms with Crippen LogP contribution in [0.1, 0.15) is 44.1 Å². The van der Waals surface area contributed by atoms with E-state index in [2.05, 4.69) is 22.3 Å². The van der Waals surface area contributed by atoms with Crippen LogP contribution in [0.2, 0.25) is 5.02 Å². The molecule has 1 aromatic carbocycles. The van der Waals surface area contributed by atoms with Crippen molar-refractivity contribution in [2.24, 2.45) is 0 Å². The van der Waals surface area contributed by atoms with Crippen LogP contribution in [0.15, 0.2) is 18.2 Å².